The normalized spacial score (nSPS) is 9.85. The monoisotopic (exact) mass is 187 g/mol. The second-order valence-corrected chi connectivity index (χ2v) is 3.99. The molecule has 0 atom stereocenters. The number of hydrogen-bond donors (Lipinski definition) is 0. The van der Waals surface area contributed by atoms with Gasteiger partial charge in [0.1, 0.15) is 5.78 Å². The molecule has 0 aromatic rings. The number of hydrogen-bond acceptors (Lipinski definition) is 2. The van der Waals surface area contributed by atoms with Gasteiger partial charge in [0.05, 0.1) is 0 Å². The van der Waals surface area contributed by atoms with Crippen LogP contribution in [0.15, 0.2) is 0 Å². The van der Waals surface area contributed by atoms with Crippen LogP contribution in [0.3, 0.4) is 0 Å². The Hall–Kier alpha value is -0.370. The number of ketones is 1. The number of Topliss-reactive ketones (excluding diaryl/α,β-unsaturated/α-hetero) is 1. The largest absolute Gasteiger partial charge is 0.307 e. The summed E-state index contributed by atoms with van der Waals surface area (Å²) in [6.45, 7) is 12.2. The molecule has 0 spiro atoms. The highest BCUT2D eigenvalue weighted by molar-refractivity contribution is 5.72. The highest BCUT2D eigenvalue weighted by atomic mass is 16.1. The zero-order valence-corrected chi connectivity index (χ0v) is 10.1. The number of carbonyl (C=O) groups excluding carboxylic acids is 1. The average Bonchev–Trinajstić information content (AvgIpc) is 1.99. The Morgan fingerprint density at radius 1 is 1.31 bits per heavy atom. The molecule has 13 heavy (non-hydrogen) atoms. The summed E-state index contributed by atoms with van der Waals surface area (Å²) in [5.41, 5.74) is 0. The first-order valence-electron chi connectivity index (χ1n) is 5.05. The fourth-order valence-corrected chi connectivity index (χ4v) is 0.637. The molecule has 2 heteroatoms. The zero-order valence-electron chi connectivity index (χ0n) is 10.1. The standard InChI is InChI=1S/C8H19N.C3H6O/c1-5-9(4)7-6-8(2)3;1-3(2)4/h8H,5-7H2,1-4H3;1-2H3. The molecule has 0 unspecified atom stereocenters. The van der Waals surface area contributed by atoms with Crippen LogP contribution in [0.25, 0.3) is 0 Å². The molecule has 0 amide bonds. The Morgan fingerprint density at radius 3 is 1.92 bits per heavy atom. The van der Waals surface area contributed by atoms with E-state index in [1.54, 1.807) is 0 Å². The van der Waals surface area contributed by atoms with Crippen molar-refractivity contribution in [1.29, 1.82) is 0 Å². The summed E-state index contributed by atoms with van der Waals surface area (Å²) in [5.74, 6) is 1.01. The highest BCUT2D eigenvalue weighted by Gasteiger charge is 1.96. The van der Waals surface area contributed by atoms with Crippen LogP contribution in [0.5, 0.6) is 0 Å². The lowest BCUT2D eigenvalue weighted by atomic mass is 10.1. The average molecular weight is 187 g/mol. The molecule has 0 fully saturated rings. The lowest BCUT2D eigenvalue weighted by molar-refractivity contribution is -0.114. The third-order valence-corrected chi connectivity index (χ3v) is 1.63. The van der Waals surface area contributed by atoms with Gasteiger partial charge in [-0.3, -0.25) is 0 Å². The summed E-state index contributed by atoms with van der Waals surface area (Å²) in [6, 6.07) is 0. The molecule has 0 bridgehead atoms. The molecule has 80 valence electrons. The van der Waals surface area contributed by atoms with Gasteiger partial charge in [-0.1, -0.05) is 20.8 Å². The van der Waals surface area contributed by atoms with E-state index < -0.39 is 0 Å². The molecule has 0 aromatic heterocycles. The topological polar surface area (TPSA) is 20.3 Å². The SMILES string of the molecule is CC(C)=O.CCN(C)CCC(C)C. The van der Waals surface area contributed by atoms with Gasteiger partial charge < -0.3 is 9.69 Å². The summed E-state index contributed by atoms with van der Waals surface area (Å²) in [5, 5.41) is 0. The zero-order chi connectivity index (χ0) is 10.9. The Morgan fingerprint density at radius 2 is 1.69 bits per heavy atom. The van der Waals surface area contributed by atoms with Crippen LogP contribution in [-0.4, -0.2) is 30.8 Å². The van der Waals surface area contributed by atoms with E-state index >= 15 is 0 Å². The van der Waals surface area contributed by atoms with Crippen molar-refractivity contribution in [1.82, 2.24) is 4.90 Å². The van der Waals surface area contributed by atoms with E-state index in [2.05, 4.69) is 32.7 Å². The molecule has 0 radical (unpaired) electrons. The van der Waals surface area contributed by atoms with Gasteiger partial charge in [0, 0.05) is 0 Å². The first kappa shape index (κ1) is 15.1. The maximum Gasteiger partial charge on any atom is 0.126 e. The predicted molar refractivity (Wildman–Crippen MR) is 59.0 cm³/mol. The first-order valence-corrected chi connectivity index (χ1v) is 5.05. The van der Waals surface area contributed by atoms with Crippen LogP contribution in [0.4, 0.5) is 0 Å². The van der Waals surface area contributed by atoms with E-state index in [0.717, 1.165) is 5.92 Å². The number of nitrogens with zero attached hydrogens (tertiary/aromatic N) is 1. The second kappa shape index (κ2) is 9.72. The van der Waals surface area contributed by atoms with E-state index in [9.17, 15) is 4.79 Å². The van der Waals surface area contributed by atoms with E-state index in [0.29, 0.717) is 0 Å². The van der Waals surface area contributed by atoms with Gasteiger partial charge in [-0.15, -0.1) is 0 Å². The minimum absolute atomic E-state index is 0.167. The molecule has 0 saturated carbocycles. The van der Waals surface area contributed by atoms with E-state index in [-0.39, 0.29) is 5.78 Å². The van der Waals surface area contributed by atoms with Crippen molar-refractivity contribution < 1.29 is 4.79 Å². The molecule has 0 N–H and O–H groups in total. The molecule has 0 aliphatic heterocycles. The third-order valence-electron chi connectivity index (χ3n) is 1.63. The maximum atomic E-state index is 9.44. The van der Waals surface area contributed by atoms with Crippen molar-refractivity contribution >= 4 is 5.78 Å². The molecule has 0 aliphatic carbocycles. The summed E-state index contributed by atoms with van der Waals surface area (Å²) >= 11 is 0. The van der Waals surface area contributed by atoms with Gasteiger partial charge in [0.25, 0.3) is 0 Å². The minimum atomic E-state index is 0.167. The fourth-order valence-electron chi connectivity index (χ4n) is 0.637. The quantitative estimate of drug-likeness (QED) is 0.674. The Balaban J connectivity index is 0. The molecular weight excluding hydrogens is 162 g/mol. The van der Waals surface area contributed by atoms with E-state index in [4.69, 9.17) is 0 Å². The summed E-state index contributed by atoms with van der Waals surface area (Å²) in [7, 11) is 2.17. The molecular formula is C11H25NO. The van der Waals surface area contributed by atoms with Gasteiger partial charge in [-0.25, -0.2) is 0 Å². The van der Waals surface area contributed by atoms with Crippen molar-refractivity contribution in [2.75, 3.05) is 20.1 Å². The van der Waals surface area contributed by atoms with E-state index in [1.807, 2.05) is 0 Å². The lowest BCUT2D eigenvalue weighted by Crippen LogP contribution is -2.19. The predicted octanol–water partition coefficient (Wildman–Crippen LogP) is 2.58. The molecule has 0 aromatic carbocycles. The van der Waals surface area contributed by atoms with Crippen LogP contribution in [0, 0.1) is 5.92 Å². The van der Waals surface area contributed by atoms with Crippen LogP contribution in [0.1, 0.15) is 41.0 Å². The Kier molecular flexibility index (Phi) is 11.3. The second-order valence-electron chi connectivity index (χ2n) is 3.99. The van der Waals surface area contributed by atoms with Crippen molar-refractivity contribution in [2.24, 2.45) is 5.92 Å². The summed E-state index contributed by atoms with van der Waals surface area (Å²) in [4.78, 5) is 11.8. The summed E-state index contributed by atoms with van der Waals surface area (Å²) in [6.07, 6.45) is 1.32. The Bertz CT molecular complexity index is 117. The smallest absolute Gasteiger partial charge is 0.126 e. The number of rotatable bonds is 4. The fraction of sp³-hybridized carbons (Fsp3) is 0.909. The minimum Gasteiger partial charge on any atom is -0.307 e. The highest BCUT2D eigenvalue weighted by Crippen LogP contribution is 1.99. The molecule has 2 nitrogen and oxygen atoms in total. The molecule has 0 saturated heterocycles. The van der Waals surface area contributed by atoms with Crippen molar-refractivity contribution in [3.8, 4) is 0 Å². The summed E-state index contributed by atoms with van der Waals surface area (Å²) < 4.78 is 0. The van der Waals surface area contributed by atoms with Gasteiger partial charge in [-0.05, 0) is 46.3 Å². The molecule has 0 aliphatic rings. The van der Waals surface area contributed by atoms with Crippen molar-refractivity contribution in [2.45, 2.75) is 41.0 Å². The molecule has 0 heterocycles. The maximum absolute atomic E-state index is 9.44. The van der Waals surface area contributed by atoms with Crippen molar-refractivity contribution in [3.05, 3.63) is 0 Å². The molecule has 0 rings (SSSR count). The van der Waals surface area contributed by atoms with E-state index in [1.165, 1.54) is 33.4 Å². The van der Waals surface area contributed by atoms with Gasteiger partial charge >= 0.3 is 0 Å². The van der Waals surface area contributed by atoms with Crippen molar-refractivity contribution in [3.63, 3.8) is 0 Å². The van der Waals surface area contributed by atoms with Crippen LogP contribution < -0.4 is 0 Å². The lowest BCUT2D eigenvalue weighted by Gasteiger charge is -2.14. The van der Waals surface area contributed by atoms with Gasteiger partial charge in [0.2, 0.25) is 0 Å². The first-order chi connectivity index (χ1) is 5.90. The van der Waals surface area contributed by atoms with Crippen LogP contribution >= 0.6 is 0 Å². The van der Waals surface area contributed by atoms with Gasteiger partial charge in [-0.2, -0.15) is 0 Å². The Labute approximate surface area is 83.3 Å². The van der Waals surface area contributed by atoms with Crippen LogP contribution in [-0.2, 0) is 4.79 Å². The third kappa shape index (κ3) is 24.5. The van der Waals surface area contributed by atoms with Gasteiger partial charge in [0.15, 0.2) is 0 Å². The number of carbonyl (C=O) groups is 1. The van der Waals surface area contributed by atoms with Crippen LogP contribution in [0.2, 0.25) is 0 Å².